The maximum Gasteiger partial charge on any atom is 0.222 e. The molecule has 0 saturated carbocycles. The molecular weight excluding hydrogens is 667 g/mol. The van der Waals surface area contributed by atoms with Crippen LogP contribution in [0.1, 0.15) is 258 Å². The van der Waals surface area contributed by atoms with Crippen molar-refractivity contribution in [3.05, 3.63) is 24.3 Å². The third kappa shape index (κ3) is 40.5. The molecule has 0 aliphatic rings. The second-order valence-corrected chi connectivity index (χ2v) is 16.7. The van der Waals surface area contributed by atoms with Gasteiger partial charge in [0.25, 0.3) is 0 Å². The number of carbonyl (C=O) groups is 1. The molecule has 3 unspecified atom stereocenters. The molecule has 0 aromatic rings. The summed E-state index contributed by atoms with van der Waals surface area (Å²) in [6.07, 6.45) is 54.7. The summed E-state index contributed by atoms with van der Waals surface area (Å²) < 4.78 is 0. The Kier molecular flexibility index (Phi) is 43.6. The molecule has 54 heavy (non-hydrogen) atoms. The topological polar surface area (TPSA) is 89.8 Å². The summed E-state index contributed by atoms with van der Waals surface area (Å²) in [7, 11) is 0. The van der Waals surface area contributed by atoms with Crippen molar-refractivity contribution < 1.29 is 20.1 Å². The van der Waals surface area contributed by atoms with Crippen LogP contribution in [0.5, 0.6) is 0 Å². The maximum atomic E-state index is 12.5. The van der Waals surface area contributed by atoms with Gasteiger partial charge in [-0.3, -0.25) is 4.79 Å². The SMILES string of the molecule is CCCCCCCCCCCC/C=C\CCCCCCCC(O)CC(=O)NC(CO)C(O)/C=C/CCCCCCCCCCCCCCCCCCCC. The molecule has 320 valence electrons. The highest BCUT2D eigenvalue weighted by Gasteiger charge is 2.20. The monoisotopic (exact) mass is 762 g/mol. The van der Waals surface area contributed by atoms with Crippen molar-refractivity contribution in [1.82, 2.24) is 5.32 Å². The van der Waals surface area contributed by atoms with Crippen molar-refractivity contribution in [3.8, 4) is 0 Å². The molecule has 5 nitrogen and oxygen atoms in total. The highest BCUT2D eigenvalue weighted by Crippen LogP contribution is 2.16. The third-order valence-electron chi connectivity index (χ3n) is 11.2. The standard InChI is InChI=1S/C49H95NO4/c1-3-5-7-9-11-13-15-17-19-21-23-25-27-29-31-33-35-37-39-41-43-48(53)47(45-51)50-49(54)44-46(52)42-40-38-36-34-32-30-28-26-24-22-20-18-16-14-12-10-8-6-4-2/h26,28,41,43,46-48,51-53H,3-25,27,29-40,42,44-45H2,1-2H3,(H,50,54)/b28-26-,43-41+. The Morgan fingerprint density at radius 1 is 0.463 bits per heavy atom. The van der Waals surface area contributed by atoms with Crippen LogP contribution in [0.4, 0.5) is 0 Å². The Bertz CT molecular complexity index is 799. The number of nitrogens with one attached hydrogen (secondary N) is 1. The summed E-state index contributed by atoms with van der Waals surface area (Å²) >= 11 is 0. The lowest BCUT2D eigenvalue weighted by molar-refractivity contribution is -0.124. The number of amides is 1. The molecule has 3 atom stereocenters. The van der Waals surface area contributed by atoms with E-state index in [-0.39, 0.29) is 18.9 Å². The molecule has 0 aromatic heterocycles. The molecule has 1 amide bonds. The zero-order valence-electron chi connectivity index (χ0n) is 36.4. The van der Waals surface area contributed by atoms with Crippen LogP contribution >= 0.6 is 0 Å². The first kappa shape index (κ1) is 52.8. The minimum atomic E-state index is -0.929. The van der Waals surface area contributed by atoms with Crippen molar-refractivity contribution in [3.63, 3.8) is 0 Å². The molecule has 0 heterocycles. The van der Waals surface area contributed by atoms with Gasteiger partial charge in [-0.15, -0.1) is 0 Å². The molecular formula is C49H95NO4. The van der Waals surface area contributed by atoms with Gasteiger partial charge in [-0.05, 0) is 44.9 Å². The molecule has 5 heteroatoms. The van der Waals surface area contributed by atoms with Gasteiger partial charge in [-0.2, -0.15) is 0 Å². The number of rotatable bonds is 44. The van der Waals surface area contributed by atoms with E-state index in [2.05, 4.69) is 31.3 Å². The van der Waals surface area contributed by atoms with Crippen LogP contribution in [0.15, 0.2) is 24.3 Å². The lowest BCUT2D eigenvalue weighted by Crippen LogP contribution is -2.45. The van der Waals surface area contributed by atoms with Crippen LogP contribution in [-0.2, 0) is 4.79 Å². The summed E-state index contributed by atoms with van der Waals surface area (Å²) in [6.45, 7) is 4.23. The normalized spacial score (nSPS) is 13.6. The van der Waals surface area contributed by atoms with E-state index in [0.29, 0.717) is 6.42 Å². The van der Waals surface area contributed by atoms with Gasteiger partial charge in [0.2, 0.25) is 5.91 Å². The average Bonchev–Trinajstić information content (AvgIpc) is 3.16. The van der Waals surface area contributed by atoms with Gasteiger partial charge in [-0.25, -0.2) is 0 Å². The third-order valence-corrected chi connectivity index (χ3v) is 11.2. The molecule has 0 aliphatic heterocycles. The molecule has 0 aliphatic carbocycles. The van der Waals surface area contributed by atoms with Crippen molar-refractivity contribution in [2.24, 2.45) is 0 Å². The zero-order chi connectivity index (χ0) is 39.4. The van der Waals surface area contributed by atoms with E-state index in [0.717, 1.165) is 38.5 Å². The van der Waals surface area contributed by atoms with Crippen LogP contribution in [0.25, 0.3) is 0 Å². The quantitative estimate of drug-likeness (QED) is 0.0368. The van der Waals surface area contributed by atoms with Crippen molar-refractivity contribution in [2.45, 2.75) is 276 Å². The summed E-state index contributed by atoms with van der Waals surface area (Å²) in [5, 5.41) is 33.3. The predicted molar refractivity (Wildman–Crippen MR) is 236 cm³/mol. The molecule has 0 rings (SSSR count). The highest BCUT2D eigenvalue weighted by molar-refractivity contribution is 5.76. The Morgan fingerprint density at radius 3 is 1.13 bits per heavy atom. The lowest BCUT2D eigenvalue weighted by Gasteiger charge is -2.21. The number of aliphatic hydroxyl groups is 3. The first-order chi connectivity index (χ1) is 26.5. The van der Waals surface area contributed by atoms with E-state index in [1.54, 1.807) is 6.08 Å². The predicted octanol–water partition coefficient (Wildman–Crippen LogP) is 14.2. The molecule has 0 aromatic carbocycles. The number of carbonyl (C=O) groups excluding carboxylic acids is 1. The van der Waals surface area contributed by atoms with Gasteiger partial charge < -0.3 is 20.6 Å². The van der Waals surface area contributed by atoms with Gasteiger partial charge in [0.1, 0.15) is 0 Å². The molecule has 0 bridgehead atoms. The Labute approximate surface area is 337 Å². The van der Waals surface area contributed by atoms with E-state index in [1.165, 1.54) is 193 Å². The van der Waals surface area contributed by atoms with E-state index < -0.39 is 18.2 Å². The van der Waals surface area contributed by atoms with E-state index in [1.807, 2.05) is 6.08 Å². The van der Waals surface area contributed by atoms with E-state index >= 15 is 0 Å². The Morgan fingerprint density at radius 2 is 0.778 bits per heavy atom. The van der Waals surface area contributed by atoms with Gasteiger partial charge in [0, 0.05) is 0 Å². The smallest absolute Gasteiger partial charge is 0.222 e. The molecule has 0 radical (unpaired) electrons. The summed E-state index contributed by atoms with van der Waals surface area (Å²) in [6, 6.07) is -0.745. The fourth-order valence-corrected chi connectivity index (χ4v) is 7.51. The van der Waals surface area contributed by atoms with Gasteiger partial charge >= 0.3 is 0 Å². The first-order valence-corrected chi connectivity index (χ1v) is 24.1. The number of hydrogen-bond acceptors (Lipinski definition) is 4. The second-order valence-electron chi connectivity index (χ2n) is 16.7. The van der Waals surface area contributed by atoms with Gasteiger partial charge in [-0.1, -0.05) is 231 Å². The molecule has 4 N–H and O–H groups in total. The van der Waals surface area contributed by atoms with E-state index in [9.17, 15) is 20.1 Å². The minimum absolute atomic E-state index is 0.0100. The average molecular weight is 762 g/mol. The summed E-state index contributed by atoms with van der Waals surface area (Å²) in [5.41, 5.74) is 0. The highest BCUT2D eigenvalue weighted by atomic mass is 16.3. The first-order valence-electron chi connectivity index (χ1n) is 24.1. The number of hydrogen-bond donors (Lipinski definition) is 4. The van der Waals surface area contributed by atoms with Crippen molar-refractivity contribution >= 4 is 5.91 Å². The number of aliphatic hydroxyl groups excluding tert-OH is 3. The number of unbranched alkanes of at least 4 members (excludes halogenated alkanes) is 33. The molecule has 0 spiro atoms. The maximum absolute atomic E-state index is 12.5. The van der Waals surface area contributed by atoms with Gasteiger partial charge in [0.15, 0.2) is 0 Å². The fraction of sp³-hybridized carbons (Fsp3) is 0.898. The largest absolute Gasteiger partial charge is 0.394 e. The van der Waals surface area contributed by atoms with Crippen LogP contribution in [-0.4, -0.2) is 46.1 Å². The van der Waals surface area contributed by atoms with Crippen LogP contribution in [0.2, 0.25) is 0 Å². The van der Waals surface area contributed by atoms with Crippen LogP contribution in [0, 0.1) is 0 Å². The zero-order valence-corrected chi connectivity index (χ0v) is 36.4. The number of allylic oxidation sites excluding steroid dienone is 3. The summed E-state index contributed by atoms with van der Waals surface area (Å²) in [4.78, 5) is 12.5. The van der Waals surface area contributed by atoms with Crippen molar-refractivity contribution in [2.75, 3.05) is 6.61 Å². The lowest BCUT2D eigenvalue weighted by atomic mass is 10.0. The Balaban J connectivity index is 3.64. The van der Waals surface area contributed by atoms with Gasteiger partial charge in [0.05, 0.1) is 31.3 Å². The Hall–Kier alpha value is -1.17. The fourth-order valence-electron chi connectivity index (χ4n) is 7.51. The van der Waals surface area contributed by atoms with Crippen LogP contribution in [0.3, 0.4) is 0 Å². The van der Waals surface area contributed by atoms with E-state index in [4.69, 9.17) is 0 Å². The summed E-state index contributed by atoms with van der Waals surface area (Å²) in [5.74, 6) is -0.318. The second kappa shape index (κ2) is 44.5. The van der Waals surface area contributed by atoms with Crippen LogP contribution < -0.4 is 5.32 Å². The molecule has 0 saturated heterocycles. The van der Waals surface area contributed by atoms with Crippen molar-refractivity contribution in [1.29, 1.82) is 0 Å². The molecule has 0 fully saturated rings. The minimum Gasteiger partial charge on any atom is -0.394 e.